The van der Waals surface area contributed by atoms with Crippen molar-refractivity contribution in [2.75, 3.05) is 18.4 Å². The molecule has 9 heteroatoms. The predicted molar refractivity (Wildman–Crippen MR) is 74.6 cm³/mol. The number of nitrogens with one attached hydrogen (secondary N) is 1. The number of piperidine rings is 1. The Morgan fingerprint density at radius 3 is 2.95 bits per heavy atom. The van der Waals surface area contributed by atoms with E-state index >= 15 is 0 Å². The summed E-state index contributed by atoms with van der Waals surface area (Å²) in [5, 5.41) is 4.02. The molecule has 2 fully saturated rings. The van der Waals surface area contributed by atoms with Crippen LogP contribution in [-0.4, -0.2) is 48.2 Å². The van der Waals surface area contributed by atoms with Crippen LogP contribution in [0.25, 0.3) is 0 Å². The molecule has 1 N–H and O–H groups in total. The number of methoxy groups -OCH3 is 1. The first-order chi connectivity index (χ1) is 9.98. The van der Waals surface area contributed by atoms with Gasteiger partial charge in [0.25, 0.3) is 0 Å². The number of anilines is 1. The topological polar surface area (TPSA) is 93.5 Å². The molecule has 2 atom stereocenters. The van der Waals surface area contributed by atoms with E-state index in [4.69, 9.17) is 0 Å². The maximum Gasteiger partial charge on any atom is 0.327 e. The zero-order valence-corrected chi connectivity index (χ0v) is 12.5. The summed E-state index contributed by atoms with van der Waals surface area (Å²) in [6, 6.07) is 1.64. The third-order valence-corrected chi connectivity index (χ3v) is 5.59. The Bertz CT molecular complexity index is 641. The Balaban J connectivity index is 1.67. The van der Waals surface area contributed by atoms with Gasteiger partial charge in [0.2, 0.25) is 0 Å². The van der Waals surface area contributed by atoms with Crippen molar-refractivity contribution in [3.05, 3.63) is 12.3 Å². The summed E-state index contributed by atoms with van der Waals surface area (Å²) >= 11 is 0. The Labute approximate surface area is 123 Å². The third-order valence-electron chi connectivity index (χ3n) is 4.06. The van der Waals surface area contributed by atoms with Gasteiger partial charge in [-0.05, 0) is 25.2 Å². The number of rotatable bonds is 5. The Hall–Kier alpha value is -1.61. The molecular weight excluding hydrogens is 296 g/mol. The standard InChI is InChI=1S/C12H18N4O4S/c1-20-12(17)8-15-5-4-11(13-15)14-21(18,19)16-7-9-2-3-10(16)6-9/h4-5,9-10H,2-3,6-8H2,1H3,(H,13,14). The highest BCUT2D eigenvalue weighted by molar-refractivity contribution is 7.90. The largest absolute Gasteiger partial charge is 0.468 e. The van der Waals surface area contributed by atoms with Crippen LogP contribution in [-0.2, 0) is 26.3 Å². The number of fused-ring (bicyclic) bond motifs is 2. The SMILES string of the molecule is COC(=O)Cn1ccc(NS(=O)(=O)N2CC3CCC2C3)n1. The van der Waals surface area contributed by atoms with Gasteiger partial charge < -0.3 is 4.74 Å². The van der Waals surface area contributed by atoms with Crippen molar-refractivity contribution in [1.82, 2.24) is 14.1 Å². The fraction of sp³-hybridized carbons (Fsp3) is 0.667. The molecule has 1 aromatic heterocycles. The van der Waals surface area contributed by atoms with Crippen LogP contribution in [0.2, 0.25) is 0 Å². The number of hydrogen-bond donors (Lipinski definition) is 1. The number of aromatic nitrogens is 2. The molecule has 0 spiro atoms. The minimum absolute atomic E-state index is 0.0490. The van der Waals surface area contributed by atoms with Crippen LogP contribution in [0.15, 0.2) is 12.3 Å². The molecule has 0 amide bonds. The van der Waals surface area contributed by atoms with E-state index in [0.29, 0.717) is 12.5 Å². The van der Waals surface area contributed by atoms with Gasteiger partial charge in [-0.15, -0.1) is 0 Å². The smallest absolute Gasteiger partial charge is 0.327 e. The molecule has 2 bridgehead atoms. The molecule has 1 aliphatic heterocycles. The van der Waals surface area contributed by atoms with Crippen molar-refractivity contribution in [3.63, 3.8) is 0 Å². The average molecular weight is 314 g/mol. The molecule has 3 rings (SSSR count). The first-order valence-electron chi connectivity index (χ1n) is 6.88. The second kappa shape index (κ2) is 5.30. The lowest BCUT2D eigenvalue weighted by Crippen LogP contribution is -2.41. The maximum atomic E-state index is 12.4. The molecule has 0 radical (unpaired) electrons. The van der Waals surface area contributed by atoms with Crippen molar-refractivity contribution in [2.45, 2.75) is 31.8 Å². The van der Waals surface area contributed by atoms with Crippen molar-refractivity contribution < 1.29 is 17.9 Å². The van der Waals surface area contributed by atoms with Crippen LogP contribution in [0.1, 0.15) is 19.3 Å². The molecule has 2 aliphatic rings. The first-order valence-corrected chi connectivity index (χ1v) is 8.32. The molecule has 1 saturated heterocycles. The van der Waals surface area contributed by atoms with Crippen LogP contribution in [0.5, 0.6) is 0 Å². The van der Waals surface area contributed by atoms with Crippen LogP contribution >= 0.6 is 0 Å². The fourth-order valence-electron chi connectivity index (χ4n) is 3.07. The van der Waals surface area contributed by atoms with E-state index in [1.807, 2.05) is 0 Å². The second-order valence-corrected chi connectivity index (χ2v) is 7.11. The van der Waals surface area contributed by atoms with E-state index in [0.717, 1.165) is 19.3 Å². The summed E-state index contributed by atoms with van der Waals surface area (Å²) < 4.78 is 34.6. The predicted octanol–water partition coefficient (Wildman–Crippen LogP) is 0.197. The van der Waals surface area contributed by atoms with E-state index in [-0.39, 0.29) is 18.4 Å². The molecule has 2 heterocycles. The first kappa shape index (κ1) is 14.3. The lowest BCUT2D eigenvalue weighted by Gasteiger charge is -2.25. The van der Waals surface area contributed by atoms with Crippen LogP contribution in [0.3, 0.4) is 0 Å². The van der Waals surface area contributed by atoms with Crippen molar-refractivity contribution in [3.8, 4) is 0 Å². The minimum atomic E-state index is -3.57. The van der Waals surface area contributed by atoms with Crippen LogP contribution < -0.4 is 4.72 Å². The number of hydrogen-bond acceptors (Lipinski definition) is 5. The van der Waals surface area contributed by atoms with Gasteiger partial charge >= 0.3 is 16.2 Å². The molecule has 0 aromatic carbocycles. The summed E-state index contributed by atoms with van der Waals surface area (Å²) in [5.41, 5.74) is 0. The normalized spacial score (nSPS) is 25.2. The van der Waals surface area contributed by atoms with Gasteiger partial charge in [-0.25, -0.2) is 0 Å². The van der Waals surface area contributed by atoms with E-state index in [1.165, 1.54) is 28.4 Å². The summed E-state index contributed by atoms with van der Waals surface area (Å²) in [6.07, 6.45) is 4.54. The van der Waals surface area contributed by atoms with Gasteiger partial charge in [-0.3, -0.25) is 14.2 Å². The highest BCUT2D eigenvalue weighted by Crippen LogP contribution is 2.39. The lowest BCUT2D eigenvalue weighted by molar-refractivity contribution is -0.141. The lowest BCUT2D eigenvalue weighted by atomic mass is 10.1. The zero-order chi connectivity index (χ0) is 15.0. The van der Waals surface area contributed by atoms with Gasteiger partial charge in [0, 0.05) is 24.8 Å². The van der Waals surface area contributed by atoms with Crippen LogP contribution in [0, 0.1) is 5.92 Å². The van der Waals surface area contributed by atoms with Gasteiger partial charge in [-0.1, -0.05) is 0 Å². The summed E-state index contributed by atoms with van der Waals surface area (Å²) in [7, 11) is -2.28. The highest BCUT2D eigenvalue weighted by atomic mass is 32.2. The van der Waals surface area contributed by atoms with E-state index < -0.39 is 16.2 Å². The molecule has 1 aromatic rings. The average Bonchev–Trinajstić information content (AvgIpc) is 3.14. The number of nitrogens with zero attached hydrogens (tertiary/aromatic N) is 3. The fourth-order valence-corrected chi connectivity index (χ4v) is 4.55. The van der Waals surface area contributed by atoms with E-state index in [1.54, 1.807) is 0 Å². The van der Waals surface area contributed by atoms with Crippen LogP contribution in [0.4, 0.5) is 5.82 Å². The van der Waals surface area contributed by atoms with Gasteiger partial charge in [0.15, 0.2) is 5.82 Å². The zero-order valence-electron chi connectivity index (χ0n) is 11.7. The summed E-state index contributed by atoms with van der Waals surface area (Å²) in [5.74, 6) is 0.259. The van der Waals surface area contributed by atoms with Gasteiger partial charge in [-0.2, -0.15) is 17.8 Å². The quantitative estimate of drug-likeness (QED) is 0.784. The molecule has 116 valence electrons. The molecular formula is C12H18N4O4S. The molecule has 1 aliphatic carbocycles. The summed E-state index contributed by atoms with van der Waals surface area (Å²) in [4.78, 5) is 11.1. The number of esters is 1. The Morgan fingerprint density at radius 1 is 1.52 bits per heavy atom. The molecule has 2 unspecified atom stereocenters. The maximum absolute atomic E-state index is 12.4. The molecule has 1 saturated carbocycles. The van der Waals surface area contributed by atoms with E-state index in [9.17, 15) is 13.2 Å². The van der Waals surface area contributed by atoms with Crippen molar-refractivity contribution in [1.29, 1.82) is 0 Å². The van der Waals surface area contributed by atoms with E-state index in [2.05, 4.69) is 14.6 Å². The minimum Gasteiger partial charge on any atom is -0.468 e. The molecule has 21 heavy (non-hydrogen) atoms. The second-order valence-electron chi connectivity index (χ2n) is 5.48. The summed E-state index contributed by atoms with van der Waals surface area (Å²) in [6.45, 7) is 0.537. The van der Waals surface area contributed by atoms with Crippen molar-refractivity contribution in [2.24, 2.45) is 5.92 Å². The Morgan fingerprint density at radius 2 is 2.33 bits per heavy atom. The number of carbonyl (C=O) groups is 1. The van der Waals surface area contributed by atoms with Crippen molar-refractivity contribution >= 4 is 22.0 Å². The van der Waals surface area contributed by atoms with Gasteiger partial charge in [0.05, 0.1) is 7.11 Å². The number of carbonyl (C=O) groups excluding carboxylic acids is 1. The third kappa shape index (κ3) is 2.88. The number of ether oxygens (including phenoxy) is 1. The molecule has 8 nitrogen and oxygen atoms in total. The van der Waals surface area contributed by atoms with Gasteiger partial charge in [0.1, 0.15) is 6.54 Å². The highest BCUT2D eigenvalue weighted by Gasteiger charge is 2.43. The monoisotopic (exact) mass is 314 g/mol. The Kier molecular flexibility index (Phi) is 3.62.